The van der Waals surface area contributed by atoms with Crippen LogP contribution in [0.3, 0.4) is 0 Å². The van der Waals surface area contributed by atoms with Gasteiger partial charge >= 0.3 is 13.6 Å². The van der Waals surface area contributed by atoms with Gasteiger partial charge in [0.1, 0.15) is 47.8 Å². The largest absolute Gasteiger partial charge is 0.420 e. The van der Waals surface area contributed by atoms with Crippen LogP contribution in [0.2, 0.25) is 5.28 Å². The van der Waals surface area contributed by atoms with Gasteiger partial charge in [0.15, 0.2) is 17.9 Å². The molecule has 0 spiro atoms. The molecule has 26 nitrogen and oxygen atoms in total. The number of nitrogens with one attached hydrogen (secondary N) is 2. The zero-order valence-electron chi connectivity index (χ0n) is 41.0. The minimum Gasteiger partial charge on any atom is -0.420 e. The molecule has 75 heavy (non-hydrogen) atoms. The maximum absolute atomic E-state index is 13.6. The van der Waals surface area contributed by atoms with E-state index < -0.39 is 67.7 Å². The summed E-state index contributed by atoms with van der Waals surface area (Å²) in [6.45, 7) is 6.70. The summed E-state index contributed by atoms with van der Waals surface area (Å²) in [7, 11) is -4.44. The molecule has 0 aliphatic carbocycles. The molecule has 4 heterocycles. The van der Waals surface area contributed by atoms with E-state index in [9.17, 15) is 32.7 Å². The van der Waals surface area contributed by atoms with Crippen LogP contribution in [-0.4, -0.2) is 220 Å². The summed E-state index contributed by atoms with van der Waals surface area (Å²) in [6, 6.07) is 0.832. The number of aliphatic hydroxyl groups is 2. The SMILES string of the molecule is N=Cc1c(N[C@@H]2O[C@H](COCP(=O)(O)O)[C@@H](O)[C@H]2O)nc(Cl)nc1N1CCC(OCCOCCOCCOCCOCc2cn(CCOCCOCCOCCOCCC(=O)Oc3c(F)cc(F)cc3F)nn2)CC1. The van der Waals surface area contributed by atoms with Gasteiger partial charge in [-0.1, -0.05) is 5.21 Å². The van der Waals surface area contributed by atoms with Crippen LogP contribution >= 0.6 is 19.2 Å². The maximum Gasteiger partial charge on any atom is 0.350 e. The molecular formula is C44H65ClF3N8O18P. The predicted octanol–water partition coefficient (Wildman–Crippen LogP) is 1.46. The van der Waals surface area contributed by atoms with Crippen LogP contribution in [0.25, 0.3) is 0 Å². The number of halogens is 4. The van der Waals surface area contributed by atoms with Crippen LogP contribution in [0.5, 0.6) is 5.75 Å². The van der Waals surface area contributed by atoms with Crippen molar-refractivity contribution in [3.8, 4) is 5.75 Å². The first-order chi connectivity index (χ1) is 36.2. The van der Waals surface area contributed by atoms with Gasteiger partial charge in [-0.25, -0.2) is 17.9 Å². The van der Waals surface area contributed by atoms with Crippen molar-refractivity contribution in [2.45, 2.75) is 63.1 Å². The average Bonchev–Trinajstić information content (AvgIpc) is 3.93. The van der Waals surface area contributed by atoms with Crippen molar-refractivity contribution >= 4 is 43.0 Å². The summed E-state index contributed by atoms with van der Waals surface area (Å²) in [6.07, 6.45) is -2.19. The molecule has 4 atom stereocenters. The third-order valence-corrected chi connectivity index (χ3v) is 11.4. The molecular weight excluding hydrogens is 1050 g/mol. The fourth-order valence-electron chi connectivity index (χ4n) is 7.07. The van der Waals surface area contributed by atoms with E-state index in [1.54, 1.807) is 10.9 Å². The summed E-state index contributed by atoms with van der Waals surface area (Å²) in [5, 5.41) is 40.0. The average molecular weight is 1120 g/mol. The number of piperidine rings is 1. The zero-order valence-corrected chi connectivity index (χ0v) is 42.7. The molecule has 0 radical (unpaired) electrons. The van der Waals surface area contributed by atoms with E-state index >= 15 is 0 Å². The molecule has 2 aromatic heterocycles. The second kappa shape index (κ2) is 33.9. The number of nitrogens with zero attached hydrogens (tertiary/aromatic N) is 6. The first-order valence-electron chi connectivity index (χ1n) is 23.9. The number of aliphatic hydroxyl groups excluding tert-OH is 2. The Bertz CT molecular complexity index is 2180. The van der Waals surface area contributed by atoms with Crippen LogP contribution in [0, 0.1) is 22.9 Å². The Morgan fingerprint density at radius 1 is 0.800 bits per heavy atom. The van der Waals surface area contributed by atoms with Gasteiger partial charge in [-0.05, 0) is 24.4 Å². The number of aromatic nitrogens is 5. The maximum atomic E-state index is 13.6. The van der Waals surface area contributed by atoms with Crippen molar-refractivity contribution in [3.63, 3.8) is 0 Å². The molecule has 2 aliphatic heterocycles. The van der Waals surface area contributed by atoms with Crippen LogP contribution in [-0.2, 0) is 74.6 Å². The number of carbonyl (C=O) groups is 1. The van der Waals surface area contributed by atoms with Gasteiger partial charge in [-0.3, -0.25) is 9.36 Å². The Kier molecular flexibility index (Phi) is 27.9. The van der Waals surface area contributed by atoms with Crippen molar-refractivity contribution in [1.82, 2.24) is 25.0 Å². The number of carbonyl (C=O) groups excluding carboxylic acids is 1. The number of benzene rings is 1. The molecule has 422 valence electrons. The topological polar surface area (TPSA) is 321 Å². The highest BCUT2D eigenvalue weighted by atomic mass is 35.5. The lowest BCUT2D eigenvalue weighted by molar-refractivity contribution is -0.136. The van der Waals surface area contributed by atoms with Crippen molar-refractivity contribution in [3.05, 3.63) is 52.3 Å². The number of esters is 1. The Hall–Kier alpha value is -4.11. The minimum atomic E-state index is -4.44. The van der Waals surface area contributed by atoms with E-state index in [0.29, 0.717) is 142 Å². The van der Waals surface area contributed by atoms with Crippen LogP contribution in [0.4, 0.5) is 24.8 Å². The predicted molar refractivity (Wildman–Crippen MR) is 255 cm³/mol. The molecule has 6 N–H and O–H groups in total. The van der Waals surface area contributed by atoms with Gasteiger partial charge in [0.2, 0.25) is 11.0 Å². The minimum absolute atomic E-state index is 0.0248. The molecule has 0 saturated carbocycles. The van der Waals surface area contributed by atoms with Crippen molar-refractivity contribution in [1.29, 1.82) is 5.41 Å². The second-order valence-corrected chi connectivity index (χ2v) is 18.3. The van der Waals surface area contributed by atoms with Gasteiger partial charge in [0.25, 0.3) is 0 Å². The van der Waals surface area contributed by atoms with Gasteiger partial charge in [-0.2, -0.15) is 9.97 Å². The van der Waals surface area contributed by atoms with Gasteiger partial charge in [-0.15, -0.1) is 5.10 Å². The van der Waals surface area contributed by atoms with E-state index in [2.05, 4.69) is 30.3 Å². The molecule has 0 bridgehead atoms. The van der Waals surface area contributed by atoms with Gasteiger partial charge in [0, 0.05) is 31.4 Å². The van der Waals surface area contributed by atoms with E-state index in [1.807, 2.05) is 4.90 Å². The quantitative estimate of drug-likeness (QED) is 0.0118. The van der Waals surface area contributed by atoms with Gasteiger partial charge in [0.05, 0.1) is 150 Å². The fourth-order valence-corrected chi connectivity index (χ4v) is 7.58. The highest BCUT2D eigenvalue weighted by Gasteiger charge is 2.43. The molecule has 1 aromatic carbocycles. The summed E-state index contributed by atoms with van der Waals surface area (Å²) < 4.78 is 118. The first-order valence-corrected chi connectivity index (χ1v) is 26.1. The number of rotatable bonds is 39. The molecule has 31 heteroatoms. The first kappa shape index (κ1) is 61.7. The number of hydrogen-bond acceptors (Lipinski definition) is 23. The number of ether oxygens (including phenoxy) is 12. The van der Waals surface area contributed by atoms with E-state index in [0.717, 1.165) is 6.21 Å². The lowest BCUT2D eigenvalue weighted by atomic mass is 10.1. The van der Waals surface area contributed by atoms with Crippen molar-refractivity contribution in [2.24, 2.45) is 0 Å². The van der Waals surface area contributed by atoms with E-state index in [4.69, 9.17) is 78.9 Å². The summed E-state index contributed by atoms with van der Waals surface area (Å²) in [4.78, 5) is 40.2. The van der Waals surface area contributed by atoms with Gasteiger partial charge < -0.3 is 92.5 Å². The van der Waals surface area contributed by atoms with Crippen LogP contribution < -0.4 is 15.0 Å². The Morgan fingerprint density at radius 2 is 1.36 bits per heavy atom. The number of anilines is 2. The summed E-state index contributed by atoms with van der Waals surface area (Å²) in [5.74, 6) is -5.16. The normalized spacial score (nSPS) is 18.3. The van der Waals surface area contributed by atoms with Crippen LogP contribution in [0.15, 0.2) is 18.3 Å². The highest BCUT2D eigenvalue weighted by Crippen LogP contribution is 2.35. The molecule has 5 rings (SSSR count). The lowest BCUT2D eigenvalue weighted by Crippen LogP contribution is -2.39. The summed E-state index contributed by atoms with van der Waals surface area (Å²) in [5.41, 5.74) is 0.944. The van der Waals surface area contributed by atoms with Crippen molar-refractivity contribution < 1.29 is 99.4 Å². The van der Waals surface area contributed by atoms with E-state index in [1.165, 1.54) is 0 Å². The van der Waals surface area contributed by atoms with Crippen LogP contribution in [0.1, 0.15) is 30.5 Å². The molecule has 3 aromatic rings. The third-order valence-electron chi connectivity index (χ3n) is 10.7. The Morgan fingerprint density at radius 3 is 1.95 bits per heavy atom. The molecule has 0 amide bonds. The molecule has 2 saturated heterocycles. The zero-order chi connectivity index (χ0) is 53.8. The Balaban J connectivity index is 0.775. The lowest BCUT2D eigenvalue weighted by Gasteiger charge is -2.34. The van der Waals surface area contributed by atoms with E-state index in [-0.39, 0.29) is 62.2 Å². The third kappa shape index (κ3) is 23.2. The standard InChI is InChI=1S/C44H65ClF3N8O18P/c45-44-51-41(50-43-39(59)38(58)36(73-43)28-71-29-75(60,61)62)33(25-49)42(52-44)55-4-1-32(2-5-55)72-22-21-69-18-17-67-15-16-68-19-20-70-27-31-26-56(54-53-31)6-8-64-10-12-66-14-13-65-11-9-63-7-3-37(57)74-40-34(47)23-30(46)24-35(40)48/h23-26,32,36,38-39,43,49,58-59H,1-22,27-29H2,(H,50,51,52)(H2,60,61,62)/t36-,38-,39-,43-/m1/s1. The summed E-state index contributed by atoms with van der Waals surface area (Å²) >= 11 is 6.26. The molecule has 2 aliphatic rings. The highest BCUT2D eigenvalue weighted by molar-refractivity contribution is 7.51. The smallest absolute Gasteiger partial charge is 0.350 e. The Labute approximate surface area is 434 Å². The second-order valence-electron chi connectivity index (χ2n) is 16.4. The number of hydrogen-bond donors (Lipinski definition) is 6. The fraction of sp³-hybridized carbons (Fsp3) is 0.682. The monoisotopic (exact) mass is 1120 g/mol. The molecule has 0 unspecified atom stereocenters. The molecule has 2 fully saturated rings. The van der Waals surface area contributed by atoms with Crippen molar-refractivity contribution in [2.75, 3.05) is 142 Å².